The van der Waals surface area contributed by atoms with Gasteiger partial charge in [-0.15, -0.1) is 0 Å². The molecule has 8 heteroatoms. The molecule has 0 spiro atoms. The van der Waals surface area contributed by atoms with Crippen LogP contribution in [0.3, 0.4) is 0 Å². The van der Waals surface area contributed by atoms with Crippen LogP contribution in [-0.2, 0) is 26.2 Å². The Labute approximate surface area is 106 Å². The molecule has 0 unspecified atom stereocenters. The van der Waals surface area contributed by atoms with Crippen LogP contribution in [0.4, 0.5) is 13.2 Å². The maximum absolute atomic E-state index is 12.7. The molecule has 0 saturated heterocycles. The van der Waals surface area contributed by atoms with Crippen molar-refractivity contribution in [1.29, 1.82) is 0 Å². The molecule has 1 aliphatic rings. The Bertz CT molecular complexity index is 610. The Morgan fingerprint density at radius 2 is 2.16 bits per heavy atom. The third-order valence-corrected chi connectivity index (χ3v) is 3.22. The first-order valence-corrected chi connectivity index (χ1v) is 5.85. The molecule has 102 valence electrons. The molecule has 2 aromatic rings. The minimum absolute atomic E-state index is 0.259. The topological polar surface area (TPSA) is 58.5 Å². The van der Waals surface area contributed by atoms with Gasteiger partial charge in [0.2, 0.25) is 0 Å². The van der Waals surface area contributed by atoms with E-state index in [1.807, 2.05) is 0 Å². The highest BCUT2D eigenvalue weighted by Gasteiger charge is 2.35. The van der Waals surface area contributed by atoms with E-state index in [1.165, 1.54) is 7.05 Å². The maximum atomic E-state index is 12.7. The molecular weight excluding hydrogens is 259 g/mol. The van der Waals surface area contributed by atoms with Gasteiger partial charge in [-0.25, -0.2) is 0 Å². The Morgan fingerprint density at radius 3 is 2.84 bits per heavy atom. The molecule has 1 aliphatic heterocycles. The van der Waals surface area contributed by atoms with E-state index in [4.69, 9.17) is 0 Å². The number of halogens is 3. The van der Waals surface area contributed by atoms with Crippen LogP contribution in [-0.4, -0.2) is 26.5 Å². The molecule has 0 amide bonds. The normalized spacial score (nSPS) is 15.6. The summed E-state index contributed by atoms with van der Waals surface area (Å²) in [4.78, 5) is 0. The van der Waals surface area contributed by atoms with Crippen LogP contribution in [0.2, 0.25) is 0 Å². The number of nitrogens with one attached hydrogen (secondary N) is 2. The van der Waals surface area contributed by atoms with Gasteiger partial charge in [0.1, 0.15) is 17.1 Å². The molecule has 0 aromatic carbocycles. The zero-order chi connectivity index (χ0) is 13.6. The first-order valence-electron chi connectivity index (χ1n) is 5.85. The van der Waals surface area contributed by atoms with Crippen molar-refractivity contribution in [2.75, 3.05) is 6.54 Å². The molecular formula is C11H12F3N5. The summed E-state index contributed by atoms with van der Waals surface area (Å²) in [6, 6.07) is 1.04. The average molecular weight is 271 g/mol. The number of fused-ring (bicyclic) bond motifs is 1. The van der Waals surface area contributed by atoms with E-state index in [1.54, 1.807) is 0 Å². The smallest absolute Gasteiger partial charge is 0.311 e. The van der Waals surface area contributed by atoms with Crippen LogP contribution in [0.5, 0.6) is 0 Å². The summed E-state index contributed by atoms with van der Waals surface area (Å²) in [6.07, 6.45) is -3.67. The van der Waals surface area contributed by atoms with Gasteiger partial charge in [-0.2, -0.15) is 23.4 Å². The molecule has 0 atom stereocenters. The summed E-state index contributed by atoms with van der Waals surface area (Å²) < 4.78 is 39.1. The lowest BCUT2D eigenvalue weighted by Gasteiger charge is -2.12. The second-order valence-electron chi connectivity index (χ2n) is 4.49. The molecule has 0 bridgehead atoms. The van der Waals surface area contributed by atoms with Crippen molar-refractivity contribution in [3.63, 3.8) is 0 Å². The van der Waals surface area contributed by atoms with Crippen LogP contribution in [0.1, 0.15) is 17.0 Å². The molecule has 0 fully saturated rings. The zero-order valence-corrected chi connectivity index (χ0v) is 10.2. The van der Waals surface area contributed by atoms with Gasteiger partial charge in [-0.1, -0.05) is 0 Å². The maximum Gasteiger partial charge on any atom is 0.433 e. The Kier molecular flexibility index (Phi) is 2.63. The van der Waals surface area contributed by atoms with Crippen LogP contribution in [0.15, 0.2) is 6.07 Å². The summed E-state index contributed by atoms with van der Waals surface area (Å²) in [6.45, 7) is 1.44. The molecule has 0 radical (unpaired) electrons. The van der Waals surface area contributed by atoms with Crippen molar-refractivity contribution >= 4 is 0 Å². The van der Waals surface area contributed by atoms with Gasteiger partial charge in [-0.05, 0) is 19.0 Å². The summed E-state index contributed by atoms with van der Waals surface area (Å²) in [5, 5.41) is 14.0. The third kappa shape index (κ3) is 2.01. The fourth-order valence-electron chi connectivity index (χ4n) is 2.30. The quantitative estimate of drug-likeness (QED) is 0.826. The van der Waals surface area contributed by atoms with Crippen LogP contribution < -0.4 is 5.32 Å². The summed E-state index contributed by atoms with van der Waals surface area (Å²) in [7, 11) is 1.28. The van der Waals surface area contributed by atoms with Crippen molar-refractivity contribution in [3.8, 4) is 11.4 Å². The number of rotatable bonds is 1. The monoisotopic (exact) mass is 271 g/mol. The second-order valence-corrected chi connectivity index (χ2v) is 4.49. The predicted octanol–water partition coefficient (Wildman–Crippen LogP) is 1.47. The lowest BCUT2D eigenvalue weighted by Crippen LogP contribution is -2.23. The van der Waals surface area contributed by atoms with Gasteiger partial charge < -0.3 is 5.32 Å². The van der Waals surface area contributed by atoms with Crippen molar-refractivity contribution in [3.05, 3.63) is 23.0 Å². The largest absolute Gasteiger partial charge is 0.433 e. The van der Waals surface area contributed by atoms with E-state index >= 15 is 0 Å². The van der Waals surface area contributed by atoms with Crippen molar-refractivity contribution < 1.29 is 13.2 Å². The van der Waals surface area contributed by atoms with Gasteiger partial charge in [0.15, 0.2) is 0 Å². The summed E-state index contributed by atoms with van der Waals surface area (Å²) in [5.74, 6) is 0. The standard InChI is InChI=1S/C11H12F3N5/c1-19-9(11(12,13)14)4-7(18-19)10-6-2-3-15-5-8(6)16-17-10/h4,15H,2-3,5H2,1H3,(H,16,17). The molecule has 5 nitrogen and oxygen atoms in total. The van der Waals surface area contributed by atoms with E-state index in [0.29, 0.717) is 12.2 Å². The highest BCUT2D eigenvalue weighted by molar-refractivity contribution is 5.61. The minimum Gasteiger partial charge on any atom is -0.311 e. The van der Waals surface area contributed by atoms with Gasteiger partial charge in [-0.3, -0.25) is 9.78 Å². The first-order chi connectivity index (χ1) is 8.97. The Morgan fingerprint density at radius 1 is 1.37 bits per heavy atom. The van der Waals surface area contributed by atoms with Crippen molar-refractivity contribution in [2.45, 2.75) is 19.1 Å². The predicted molar refractivity (Wildman–Crippen MR) is 61.2 cm³/mol. The van der Waals surface area contributed by atoms with Crippen LogP contribution >= 0.6 is 0 Å². The number of nitrogens with zero attached hydrogens (tertiary/aromatic N) is 3. The molecule has 3 rings (SSSR count). The molecule has 19 heavy (non-hydrogen) atoms. The SMILES string of the molecule is Cn1nc(-c2n[nH]c3c2CCNC3)cc1C(F)(F)F. The first kappa shape index (κ1) is 12.2. The number of H-pyrrole nitrogens is 1. The van der Waals surface area contributed by atoms with Gasteiger partial charge in [0, 0.05) is 19.2 Å². The molecule has 3 heterocycles. The molecule has 2 N–H and O–H groups in total. The van der Waals surface area contributed by atoms with E-state index in [-0.39, 0.29) is 5.69 Å². The summed E-state index contributed by atoms with van der Waals surface area (Å²) in [5.41, 5.74) is 1.87. The van der Waals surface area contributed by atoms with E-state index in [0.717, 1.165) is 35.0 Å². The van der Waals surface area contributed by atoms with E-state index in [2.05, 4.69) is 20.6 Å². The average Bonchev–Trinajstić information content (AvgIpc) is 2.91. The third-order valence-electron chi connectivity index (χ3n) is 3.22. The number of hydrogen-bond acceptors (Lipinski definition) is 3. The Hall–Kier alpha value is -1.83. The number of hydrogen-bond donors (Lipinski definition) is 2. The van der Waals surface area contributed by atoms with Crippen molar-refractivity contribution in [1.82, 2.24) is 25.3 Å². The second kappa shape index (κ2) is 4.09. The molecule has 0 aliphatic carbocycles. The van der Waals surface area contributed by atoms with Gasteiger partial charge in [0.25, 0.3) is 0 Å². The fourth-order valence-corrected chi connectivity index (χ4v) is 2.30. The van der Waals surface area contributed by atoms with Crippen LogP contribution in [0, 0.1) is 0 Å². The van der Waals surface area contributed by atoms with Crippen molar-refractivity contribution in [2.24, 2.45) is 7.05 Å². The lowest BCUT2D eigenvalue weighted by atomic mass is 10.0. The molecule has 0 saturated carbocycles. The number of alkyl halides is 3. The van der Waals surface area contributed by atoms with Crippen LogP contribution in [0.25, 0.3) is 11.4 Å². The number of aromatic nitrogens is 4. The zero-order valence-electron chi connectivity index (χ0n) is 10.2. The summed E-state index contributed by atoms with van der Waals surface area (Å²) >= 11 is 0. The molecule has 2 aromatic heterocycles. The Balaban J connectivity index is 2.06. The number of aromatic amines is 1. The van der Waals surface area contributed by atoms with E-state index in [9.17, 15) is 13.2 Å². The lowest BCUT2D eigenvalue weighted by molar-refractivity contribution is -0.143. The highest BCUT2D eigenvalue weighted by Crippen LogP contribution is 2.33. The van der Waals surface area contributed by atoms with E-state index < -0.39 is 11.9 Å². The minimum atomic E-state index is -4.40. The highest BCUT2D eigenvalue weighted by atomic mass is 19.4. The number of aryl methyl sites for hydroxylation is 1. The van der Waals surface area contributed by atoms with Gasteiger partial charge in [0.05, 0.1) is 5.69 Å². The fraction of sp³-hybridized carbons (Fsp3) is 0.455. The van der Waals surface area contributed by atoms with Gasteiger partial charge >= 0.3 is 6.18 Å².